The molecule has 0 unspecified atom stereocenters. The van der Waals surface area contributed by atoms with Crippen LogP contribution in [0.25, 0.3) is 0 Å². The lowest BCUT2D eigenvalue weighted by molar-refractivity contribution is 0.0512. The Morgan fingerprint density at radius 2 is 2.47 bits per heavy atom. The van der Waals surface area contributed by atoms with Gasteiger partial charge in [0.05, 0.1) is 11.8 Å². The number of hydrogen-bond acceptors (Lipinski definition) is 3. The second-order valence-electron chi connectivity index (χ2n) is 4.77. The van der Waals surface area contributed by atoms with Gasteiger partial charge in [-0.3, -0.25) is 4.98 Å². The number of aromatic nitrogens is 1. The van der Waals surface area contributed by atoms with Crippen molar-refractivity contribution in [1.82, 2.24) is 10.3 Å². The van der Waals surface area contributed by atoms with Crippen LogP contribution in [0.1, 0.15) is 38.0 Å². The van der Waals surface area contributed by atoms with E-state index in [9.17, 15) is 0 Å². The van der Waals surface area contributed by atoms with Gasteiger partial charge in [-0.15, -0.1) is 0 Å². The van der Waals surface area contributed by atoms with Crippen molar-refractivity contribution in [3.8, 4) is 0 Å². The Morgan fingerprint density at radius 1 is 1.53 bits per heavy atom. The van der Waals surface area contributed by atoms with E-state index in [0.29, 0.717) is 0 Å². The number of pyridine rings is 1. The maximum Gasteiger partial charge on any atom is 0.0966 e. The fourth-order valence-electron chi connectivity index (χ4n) is 2.28. The molecule has 1 aromatic rings. The predicted molar refractivity (Wildman–Crippen MR) is 68.8 cm³/mol. The van der Waals surface area contributed by atoms with Gasteiger partial charge in [0, 0.05) is 12.8 Å². The summed E-state index contributed by atoms with van der Waals surface area (Å²) >= 11 is 0. The summed E-state index contributed by atoms with van der Waals surface area (Å²) in [5.41, 5.74) is 1.02. The topological polar surface area (TPSA) is 34.1 Å². The summed E-state index contributed by atoms with van der Waals surface area (Å²) in [6.07, 6.45) is 5.73. The van der Waals surface area contributed by atoms with Gasteiger partial charge in [0.25, 0.3) is 0 Å². The Labute approximate surface area is 104 Å². The van der Waals surface area contributed by atoms with Gasteiger partial charge in [-0.2, -0.15) is 0 Å². The van der Waals surface area contributed by atoms with Gasteiger partial charge in [0.1, 0.15) is 0 Å². The Balaban J connectivity index is 1.67. The highest BCUT2D eigenvalue weighted by Crippen LogP contribution is 2.17. The number of nitrogens with zero attached hydrogens (tertiary/aromatic N) is 1. The van der Waals surface area contributed by atoms with Crippen molar-refractivity contribution < 1.29 is 4.74 Å². The van der Waals surface area contributed by atoms with Crippen LogP contribution in [0.15, 0.2) is 24.4 Å². The first-order valence-electron chi connectivity index (χ1n) is 6.59. The average molecular weight is 234 g/mol. The van der Waals surface area contributed by atoms with Crippen molar-refractivity contribution in [1.29, 1.82) is 0 Å². The molecule has 1 aliphatic heterocycles. The van der Waals surface area contributed by atoms with Crippen molar-refractivity contribution in [3.63, 3.8) is 0 Å². The van der Waals surface area contributed by atoms with Crippen molar-refractivity contribution >= 4 is 0 Å². The normalized spacial score (nSPS) is 22.3. The number of hydrogen-bond donors (Lipinski definition) is 1. The second-order valence-corrected chi connectivity index (χ2v) is 4.77. The van der Waals surface area contributed by atoms with E-state index in [2.05, 4.69) is 17.2 Å². The van der Waals surface area contributed by atoms with E-state index in [1.165, 1.54) is 19.4 Å². The van der Waals surface area contributed by atoms with Gasteiger partial charge in [-0.05, 0) is 57.3 Å². The third-order valence-corrected chi connectivity index (χ3v) is 3.40. The molecule has 1 saturated heterocycles. The first-order chi connectivity index (χ1) is 8.36. The summed E-state index contributed by atoms with van der Waals surface area (Å²) in [4.78, 5) is 4.31. The van der Waals surface area contributed by atoms with Crippen LogP contribution in [0.2, 0.25) is 0 Å². The molecule has 1 fully saturated rings. The molecule has 0 aromatic carbocycles. The van der Waals surface area contributed by atoms with E-state index >= 15 is 0 Å². The molecule has 94 valence electrons. The maximum atomic E-state index is 5.84. The molecule has 0 bridgehead atoms. The molecule has 0 spiro atoms. The molecule has 0 saturated carbocycles. The smallest absolute Gasteiger partial charge is 0.0966 e. The third kappa shape index (κ3) is 4.10. The largest absolute Gasteiger partial charge is 0.372 e. The van der Waals surface area contributed by atoms with Crippen LogP contribution in [0, 0.1) is 5.92 Å². The summed E-state index contributed by atoms with van der Waals surface area (Å²) in [6, 6.07) is 5.96. The second kappa shape index (κ2) is 6.72. The van der Waals surface area contributed by atoms with E-state index in [1.807, 2.05) is 24.4 Å². The SMILES string of the molecule is C[C@@H](OCC[C@@H]1CCCNC1)c1ccccn1. The first-order valence-corrected chi connectivity index (χ1v) is 6.59. The molecule has 3 nitrogen and oxygen atoms in total. The third-order valence-electron chi connectivity index (χ3n) is 3.40. The quantitative estimate of drug-likeness (QED) is 0.850. The zero-order valence-electron chi connectivity index (χ0n) is 10.6. The van der Waals surface area contributed by atoms with Gasteiger partial charge in [-0.25, -0.2) is 0 Å². The molecule has 17 heavy (non-hydrogen) atoms. The zero-order valence-corrected chi connectivity index (χ0v) is 10.6. The van der Waals surface area contributed by atoms with E-state index in [-0.39, 0.29) is 6.10 Å². The van der Waals surface area contributed by atoms with E-state index in [0.717, 1.165) is 31.2 Å². The van der Waals surface area contributed by atoms with Crippen molar-refractivity contribution in [2.24, 2.45) is 5.92 Å². The molecule has 1 aromatic heterocycles. The van der Waals surface area contributed by atoms with Crippen LogP contribution in [-0.4, -0.2) is 24.7 Å². The van der Waals surface area contributed by atoms with Crippen LogP contribution in [0.5, 0.6) is 0 Å². The highest BCUT2D eigenvalue weighted by atomic mass is 16.5. The molecule has 0 radical (unpaired) electrons. The van der Waals surface area contributed by atoms with Crippen molar-refractivity contribution in [2.45, 2.75) is 32.3 Å². The predicted octanol–water partition coefficient (Wildman–Crippen LogP) is 2.55. The minimum Gasteiger partial charge on any atom is -0.372 e. The highest BCUT2D eigenvalue weighted by Gasteiger charge is 2.13. The Hall–Kier alpha value is -0.930. The lowest BCUT2D eigenvalue weighted by atomic mass is 9.97. The first kappa shape index (κ1) is 12.5. The lowest BCUT2D eigenvalue weighted by Crippen LogP contribution is -2.30. The summed E-state index contributed by atoms with van der Waals surface area (Å²) in [5, 5.41) is 3.44. The Bertz CT molecular complexity index is 309. The van der Waals surface area contributed by atoms with Crippen LogP contribution in [-0.2, 0) is 4.74 Å². The van der Waals surface area contributed by atoms with Gasteiger partial charge in [-0.1, -0.05) is 6.07 Å². The molecule has 2 atom stereocenters. The van der Waals surface area contributed by atoms with Gasteiger partial charge in [0.2, 0.25) is 0 Å². The molecular weight excluding hydrogens is 212 g/mol. The van der Waals surface area contributed by atoms with E-state index in [4.69, 9.17) is 4.74 Å². The van der Waals surface area contributed by atoms with Crippen LogP contribution < -0.4 is 5.32 Å². The summed E-state index contributed by atoms with van der Waals surface area (Å²) in [6.45, 7) is 5.24. The van der Waals surface area contributed by atoms with Gasteiger partial charge < -0.3 is 10.1 Å². The minimum absolute atomic E-state index is 0.104. The monoisotopic (exact) mass is 234 g/mol. The number of ether oxygens (including phenoxy) is 1. The van der Waals surface area contributed by atoms with E-state index < -0.39 is 0 Å². The van der Waals surface area contributed by atoms with Crippen molar-refractivity contribution in [3.05, 3.63) is 30.1 Å². The molecule has 2 heterocycles. The zero-order chi connectivity index (χ0) is 11.9. The van der Waals surface area contributed by atoms with Crippen LogP contribution in [0.3, 0.4) is 0 Å². The van der Waals surface area contributed by atoms with E-state index in [1.54, 1.807) is 0 Å². The molecule has 2 rings (SSSR count). The highest BCUT2D eigenvalue weighted by molar-refractivity contribution is 5.05. The number of piperidine rings is 1. The minimum atomic E-state index is 0.104. The standard InChI is InChI=1S/C14H22N2O/c1-12(14-6-2-3-9-16-14)17-10-7-13-5-4-8-15-11-13/h2-3,6,9,12-13,15H,4-5,7-8,10-11H2,1H3/t12-,13+/m1/s1. The molecule has 0 amide bonds. The van der Waals surface area contributed by atoms with Crippen LogP contribution >= 0.6 is 0 Å². The average Bonchev–Trinajstić information content (AvgIpc) is 2.41. The maximum absolute atomic E-state index is 5.84. The fraction of sp³-hybridized carbons (Fsp3) is 0.643. The number of nitrogens with one attached hydrogen (secondary N) is 1. The lowest BCUT2D eigenvalue weighted by Gasteiger charge is -2.23. The molecule has 1 aliphatic rings. The number of rotatable bonds is 5. The molecule has 1 N–H and O–H groups in total. The summed E-state index contributed by atoms with van der Waals surface area (Å²) in [7, 11) is 0. The molecular formula is C14H22N2O. The van der Waals surface area contributed by atoms with Crippen molar-refractivity contribution in [2.75, 3.05) is 19.7 Å². The molecule has 3 heteroatoms. The fourth-order valence-corrected chi connectivity index (χ4v) is 2.28. The summed E-state index contributed by atoms with van der Waals surface area (Å²) < 4.78 is 5.84. The van der Waals surface area contributed by atoms with Gasteiger partial charge >= 0.3 is 0 Å². The van der Waals surface area contributed by atoms with Crippen LogP contribution in [0.4, 0.5) is 0 Å². The Kier molecular flexibility index (Phi) is 4.95. The van der Waals surface area contributed by atoms with Gasteiger partial charge in [0.15, 0.2) is 0 Å². The summed E-state index contributed by atoms with van der Waals surface area (Å²) in [5.74, 6) is 0.791. The Morgan fingerprint density at radius 3 is 3.18 bits per heavy atom. The molecule has 0 aliphatic carbocycles.